The van der Waals surface area contributed by atoms with Gasteiger partial charge in [0.25, 0.3) is 0 Å². The molecule has 0 aliphatic heterocycles. The molecular formula is C15H26O2. The minimum Gasteiger partial charge on any atom is -0.388 e. The third-order valence-electron chi connectivity index (χ3n) is 3.83. The summed E-state index contributed by atoms with van der Waals surface area (Å²) in [5, 5.41) is 20.2. The van der Waals surface area contributed by atoms with Crippen molar-refractivity contribution in [2.24, 2.45) is 5.41 Å². The number of aliphatic hydroxyl groups is 2. The number of hydrogen-bond donors (Lipinski definition) is 2. The van der Waals surface area contributed by atoms with Crippen LogP contribution in [0.4, 0.5) is 0 Å². The summed E-state index contributed by atoms with van der Waals surface area (Å²) in [7, 11) is 0. The van der Waals surface area contributed by atoms with Crippen LogP contribution in [0.25, 0.3) is 0 Å². The van der Waals surface area contributed by atoms with E-state index in [-0.39, 0.29) is 5.41 Å². The fourth-order valence-corrected chi connectivity index (χ4v) is 2.16. The molecule has 2 heteroatoms. The van der Waals surface area contributed by atoms with Gasteiger partial charge in [-0.15, -0.1) is 0 Å². The molecule has 2 atom stereocenters. The first kappa shape index (κ1) is 14.5. The van der Waals surface area contributed by atoms with Crippen LogP contribution in [0, 0.1) is 5.41 Å². The van der Waals surface area contributed by atoms with E-state index in [1.165, 1.54) is 5.57 Å². The molecule has 1 aliphatic rings. The zero-order valence-electron chi connectivity index (χ0n) is 11.5. The van der Waals surface area contributed by atoms with Crippen LogP contribution in [0.2, 0.25) is 0 Å². The summed E-state index contributed by atoms with van der Waals surface area (Å²) in [6.45, 7) is 8.19. The maximum absolute atomic E-state index is 10.2. The van der Waals surface area contributed by atoms with E-state index >= 15 is 0 Å². The number of hydrogen-bond acceptors (Lipinski definition) is 2. The summed E-state index contributed by atoms with van der Waals surface area (Å²) in [6, 6.07) is 0. The highest BCUT2D eigenvalue weighted by molar-refractivity contribution is 5.13. The van der Waals surface area contributed by atoms with Crippen LogP contribution in [-0.4, -0.2) is 22.4 Å². The van der Waals surface area contributed by atoms with Gasteiger partial charge in [-0.05, 0) is 50.5 Å². The smallest absolute Gasteiger partial charge is 0.0782 e. The van der Waals surface area contributed by atoms with Crippen molar-refractivity contribution in [3.8, 4) is 0 Å². The Labute approximate surface area is 105 Å². The van der Waals surface area contributed by atoms with E-state index in [4.69, 9.17) is 0 Å². The van der Waals surface area contributed by atoms with Gasteiger partial charge in [0.2, 0.25) is 0 Å². The molecule has 1 rings (SSSR count). The Hall–Kier alpha value is -0.600. The lowest BCUT2D eigenvalue weighted by atomic mass is 9.80. The van der Waals surface area contributed by atoms with Crippen LogP contribution < -0.4 is 0 Å². The van der Waals surface area contributed by atoms with Crippen LogP contribution in [0.15, 0.2) is 23.3 Å². The quantitative estimate of drug-likeness (QED) is 0.636. The van der Waals surface area contributed by atoms with Gasteiger partial charge in [-0.25, -0.2) is 0 Å². The molecule has 0 aromatic rings. The van der Waals surface area contributed by atoms with Gasteiger partial charge in [0.1, 0.15) is 0 Å². The highest BCUT2D eigenvalue weighted by Crippen LogP contribution is 2.31. The monoisotopic (exact) mass is 238 g/mol. The van der Waals surface area contributed by atoms with Crippen molar-refractivity contribution in [1.29, 1.82) is 0 Å². The molecule has 0 fully saturated rings. The van der Waals surface area contributed by atoms with Crippen LogP contribution in [0.5, 0.6) is 0 Å². The first-order valence-electron chi connectivity index (χ1n) is 6.53. The van der Waals surface area contributed by atoms with E-state index in [2.05, 4.69) is 26.8 Å². The Balaban J connectivity index is 2.92. The summed E-state index contributed by atoms with van der Waals surface area (Å²) in [4.78, 5) is 0. The fourth-order valence-electron chi connectivity index (χ4n) is 2.16. The summed E-state index contributed by atoms with van der Waals surface area (Å²) in [5.41, 5.74) is 2.09. The molecule has 0 spiro atoms. The Morgan fingerprint density at radius 3 is 2.53 bits per heavy atom. The number of rotatable bonds is 0. The lowest BCUT2D eigenvalue weighted by Crippen LogP contribution is -2.28. The number of allylic oxidation sites excluding steroid dienone is 1. The molecule has 0 radical (unpaired) electrons. The van der Waals surface area contributed by atoms with E-state index in [1.807, 2.05) is 13.0 Å². The van der Waals surface area contributed by atoms with E-state index in [0.717, 1.165) is 24.8 Å². The average Bonchev–Trinajstić information content (AvgIpc) is 2.25. The highest BCUT2D eigenvalue weighted by atomic mass is 16.3. The first-order valence-corrected chi connectivity index (χ1v) is 6.53. The highest BCUT2D eigenvalue weighted by Gasteiger charge is 2.26. The molecule has 0 aromatic carbocycles. The average molecular weight is 238 g/mol. The minimum atomic E-state index is -0.476. The second-order valence-electron chi connectivity index (χ2n) is 6.00. The topological polar surface area (TPSA) is 40.5 Å². The van der Waals surface area contributed by atoms with Crippen molar-refractivity contribution in [2.75, 3.05) is 0 Å². The van der Waals surface area contributed by atoms with Gasteiger partial charge >= 0.3 is 0 Å². The van der Waals surface area contributed by atoms with Gasteiger partial charge in [0.15, 0.2) is 0 Å². The normalized spacial score (nSPS) is 37.3. The van der Waals surface area contributed by atoms with Crippen molar-refractivity contribution in [3.63, 3.8) is 0 Å². The van der Waals surface area contributed by atoms with Crippen LogP contribution >= 0.6 is 0 Å². The van der Waals surface area contributed by atoms with Gasteiger partial charge in [0.05, 0.1) is 12.2 Å². The molecule has 17 heavy (non-hydrogen) atoms. The third-order valence-corrected chi connectivity index (χ3v) is 3.83. The molecule has 0 bridgehead atoms. The van der Waals surface area contributed by atoms with Crippen LogP contribution in [0.3, 0.4) is 0 Å². The standard InChI is InChI=1S/C15H26O2/c1-11-6-5-9-15(3,4)14(17)10-12(2)13(16)8-7-11/h7,10,13-14,16-17H,5-6,8-9H2,1-4H3/b11-7-,12-10+/t13-,14-/m1/s1. The summed E-state index contributed by atoms with van der Waals surface area (Å²) in [6.07, 6.45) is 6.80. The molecule has 0 heterocycles. The Kier molecular flexibility index (Phi) is 4.96. The summed E-state index contributed by atoms with van der Waals surface area (Å²) < 4.78 is 0. The lowest BCUT2D eigenvalue weighted by Gasteiger charge is -2.29. The SMILES string of the molecule is C/C1=C/C[C@@H](O)/C(C)=C/[C@@H](O)C(C)(C)CCC1. The van der Waals surface area contributed by atoms with E-state index in [1.54, 1.807) is 0 Å². The summed E-state index contributed by atoms with van der Waals surface area (Å²) in [5.74, 6) is 0. The molecule has 0 saturated carbocycles. The largest absolute Gasteiger partial charge is 0.388 e. The van der Waals surface area contributed by atoms with Crippen LogP contribution in [0.1, 0.15) is 53.4 Å². The lowest BCUT2D eigenvalue weighted by molar-refractivity contribution is 0.0797. The molecule has 2 N–H and O–H groups in total. The summed E-state index contributed by atoms with van der Waals surface area (Å²) >= 11 is 0. The fraction of sp³-hybridized carbons (Fsp3) is 0.733. The van der Waals surface area contributed by atoms with Gasteiger partial charge in [-0.2, -0.15) is 0 Å². The molecule has 1 aliphatic carbocycles. The second-order valence-corrected chi connectivity index (χ2v) is 6.00. The zero-order valence-corrected chi connectivity index (χ0v) is 11.5. The zero-order chi connectivity index (χ0) is 13.1. The van der Waals surface area contributed by atoms with Crippen molar-refractivity contribution in [1.82, 2.24) is 0 Å². The Bertz CT molecular complexity index is 313. The maximum atomic E-state index is 10.2. The van der Waals surface area contributed by atoms with Gasteiger partial charge in [-0.1, -0.05) is 31.6 Å². The van der Waals surface area contributed by atoms with E-state index in [0.29, 0.717) is 6.42 Å². The molecular weight excluding hydrogens is 212 g/mol. The van der Waals surface area contributed by atoms with Gasteiger partial charge in [-0.3, -0.25) is 0 Å². The Morgan fingerprint density at radius 2 is 1.88 bits per heavy atom. The number of aliphatic hydroxyl groups excluding tert-OH is 2. The third kappa shape index (κ3) is 4.29. The molecule has 2 nitrogen and oxygen atoms in total. The first-order chi connectivity index (χ1) is 7.83. The predicted molar refractivity (Wildman–Crippen MR) is 71.8 cm³/mol. The van der Waals surface area contributed by atoms with Crippen LogP contribution in [-0.2, 0) is 0 Å². The van der Waals surface area contributed by atoms with Gasteiger partial charge in [0, 0.05) is 0 Å². The van der Waals surface area contributed by atoms with E-state index < -0.39 is 12.2 Å². The second kappa shape index (κ2) is 5.83. The molecule has 0 unspecified atom stereocenters. The van der Waals surface area contributed by atoms with Crippen molar-refractivity contribution >= 4 is 0 Å². The molecule has 98 valence electrons. The Morgan fingerprint density at radius 1 is 1.24 bits per heavy atom. The molecule has 0 amide bonds. The van der Waals surface area contributed by atoms with Crippen molar-refractivity contribution in [3.05, 3.63) is 23.3 Å². The van der Waals surface area contributed by atoms with Crippen molar-refractivity contribution in [2.45, 2.75) is 65.6 Å². The maximum Gasteiger partial charge on any atom is 0.0782 e. The minimum absolute atomic E-state index is 0.119. The van der Waals surface area contributed by atoms with Gasteiger partial charge < -0.3 is 10.2 Å². The predicted octanol–water partition coefficient (Wildman–Crippen LogP) is 3.20. The molecule has 0 saturated heterocycles. The van der Waals surface area contributed by atoms with E-state index in [9.17, 15) is 10.2 Å². The molecule has 0 aromatic heterocycles. The van der Waals surface area contributed by atoms with Crippen molar-refractivity contribution < 1.29 is 10.2 Å².